The van der Waals surface area contributed by atoms with Gasteiger partial charge >= 0.3 is 5.97 Å². The fraction of sp³-hybridized carbons (Fsp3) is 0.269. The average Bonchev–Trinajstić information content (AvgIpc) is 2.81. The molecule has 1 aliphatic rings. The number of carbonyl (C=O) groups is 2. The molecule has 2 aromatic carbocycles. The third-order valence-electron chi connectivity index (χ3n) is 5.80. The van der Waals surface area contributed by atoms with E-state index in [1.54, 1.807) is 48.2 Å². The van der Waals surface area contributed by atoms with E-state index in [1.165, 1.54) is 12.1 Å². The molecule has 2 heterocycles. The summed E-state index contributed by atoms with van der Waals surface area (Å²) in [6.07, 6.45) is 0.451. The number of fused-ring (bicyclic) bond motifs is 1. The Morgan fingerprint density at radius 3 is 2.54 bits per heavy atom. The van der Waals surface area contributed by atoms with Crippen molar-refractivity contribution in [1.29, 1.82) is 0 Å². The van der Waals surface area contributed by atoms with Crippen molar-refractivity contribution in [2.75, 3.05) is 19.8 Å². The zero-order valence-electron chi connectivity index (χ0n) is 19.3. The lowest BCUT2D eigenvalue weighted by molar-refractivity contribution is -0.139. The number of ether oxygens (including phenoxy) is 2. The predicted molar refractivity (Wildman–Crippen MR) is 127 cm³/mol. The molecule has 0 aliphatic carbocycles. The zero-order valence-corrected chi connectivity index (χ0v) is 20.0. The minimum atomic E-state index is -1.14. The summed E-state index contributed by atoms with van der Waals surface area (Å²) in [5.41, 5.74) is 3.49. The van der Waals surface area contributed by atoms with Crippen LogP contribution in [0.1, 0.15) is 34.1 Å². The minimum Gasteiger partial charge on any atom is -0.482 e. The molecular weight excluding hydrogens is 475 g/mol. The van der Waals surface area contributed by atoms with Crippen molar-refractivity contribution in [3.05, 3.63) is 87.4 Å². The number of carboxylic acids is 1. The first-order valence-electron chi connectivity index (χ1n) is 11.0. The molecule has 9 heteroatoms. The summed E-state index contributed by atoms with van der Waals surface area (Å²) in [6.45, 7) is 3.19. The molecule has 4 rings (SSSR count). The first-order valence-corrected chi connectivity index (χ1v) is 11.4. The fourth-order valence-electron chi connectivity index (χ4n) is 4.25. The second-order valence-corrected chi connectivity index (χ2v) is 8.71. The minimum absolute atomic E-state index is 0.232. The number of halogens is 2. The molecule has 0 fully saturated rings. The van der Waals surface area contributed by atoms with Gasteiger partial charge in [-0.2, -0.15) is 0 Å². The number of carbonyl (C=O) groups excluding carboxylic acids is 1. The molecule has 1 aliphatic heterocycles. The van der Waals surface area contributed by atoms with Gasteiger partial charge in [0.15, 0.2) is 13.2 Å². The molecule has 1 aromatic heterocycles. The van der Waals surface area contributed by atoms with Crippen LogP contribution in [-0.4, -0.2) is 46.6 Å². The van der Waals surface area contributed by atoms with E-state index in [9.17, 15) is 14.0 Å². The van der Waals surface area contributed by atoms with Gasteiger partial charge in [0.25, 0.3) is 5.91 Å². The van der Waals surface area contributed by atoms with Crippen molar-refractivity contribution in [1.82, 2.24) is 9.88 Å². The lowest BCUT2D eigenvalue weighted by atomic mass is 9.87. The van der Waals surface area contributed by atoms with E-state index in [2.05, 4.69) is 4.98 Å². The summed E-state index contributed by atoms with van der Waals surface area (Å²) in [6, 6.07) is 12.1. The van der Waals surface area contributed by atoms with E-state index in [1.807, 2.05) is 6.92 Å². The van der Waals surface area contributed by atoms with Crippen LogP contribution >= 0.6 is 11.6 Å². The summed E-state index contributed by atoms with van der Waals surface area (Å²) >= 11 is 6.28. The van der Waals surface area contributed by atoms with E-state index < -0.39 is 18.6 Å². The quantitative estimate of drug-likeness (QED) is 0.515. The van der Waals surface area contributed by atoms with Crippen LogP contribution in [0.15, 0.2) is 48.5 Å². The molecule has 0 spiro atoms. The zero-order chi connectivity index (χ0) is 25.1. The lowest BCUT2D eigenvalue weighted by Gasteiger charge is -2.38. The number of aryl methyl sites for hydroxylation is 2. The molecule has 182 valence electrons. The highest BCUT2D eigenvalue weighted by atomic mass is 35.5. The maximum atomic E-state index is 14.0. The molecule has 0 radical (unpaired) electrons. The van der Waals surface area contributed by atoms with Crippen LogP contribution in [0.4, 0.5) is 4.39 Å². The number of hydrogen-bond donors (Lipinski definition) is 1. The Bertz CT molecular complexity index is 1280. The van der Waals surface area contributed by atoms with Crippen molar-refractivity contribution in [3.63, 3.8) is 0 Å². The standard InChI is InChI=1S/C26H24ClFN2O5/c1-15-3-7-22(16(2)29-15)34-13-24(31)30-10-9-17-11-19(28)5-6-20(17)26(30)21-12-18(27)4-8-23(21)35-14-25(32)33/h3-8,11-12,26H,9-10,13-14H2,1-2H3,(H,32,33). The Labute approximate surface area is 207 Å². The fourth-order valence-corrected chi connectivity index (χ4v) is 4.43. The van der Waals surface area contributed by atoms with Crippen molar-refractivity contribution in [2.24, 2.45) is 0 Å². The van der Waals surface area contributed by atoms with Gasteiger partial charge in [0, 0.05) is 22.8 Å². The molecule has 1 amide bonds. The van der Waals surface area contributed by atoms with Gasteiger partial charge in [-0.25, -0.2) is 9.18 Å². The summed E-state index contributed by atoms with van der Waals surface area (Å²) in [7, 11) is 0. The van der Waals surface area contributed by atoms with Crippen LogP contribution in [0, 0.1) is 19.7 Å². The normalized spacial score (nSPS) is 14.9. The maximum absolute atomic E-state index is 14.0. The van der Waals surface area contributed by atoms with Crippen molar-refractivity contribution in [2.45, 2.75) is 26.3 Å². The number of amides is 1. The van der Waals surface area contributed by atoms with Gasteiger partial charge in [-0.1, -0.05) is 17.7 Å². The molecule has 3 aromatic rings. The SMILES string of the molecule is Cc1ccc(OCC(=O)N2CCc3cc(F)ccc3C2c2cc(Cl)ccc2OCC(=O)O)c(C)n1. The molecule has 7 nitrogen and oxygen atoms in total. The predicted octanol–water partition coefficient (Wildman–Crippen LogP) is 4.51. The average molecular weight is 499 g/mol. The summed E-state index contributed by atoms with van der Waals surface area (Å²) < 4.78 is 25.3. The van der Waals surface area contributed by atoms with Crippen molar-refractivity contribution in [3.8, 4) is 11.5 Å². The third-order valence-corrected chi connectivity index (χ3v) is 6.03. The largest absolute Gasteiger partial charge is 0.482 e. The van der Waals surface area contributed by atoms with Gasteiger partial charge in [0.05, 0.1) is 11.7 Å². The topological polar surface area (TPSA) is 89.0 Å². The van der Waals surface area contributed by atoms with E-state index in [4.69, 9.17) is 26.2 Å². The smallest absolute Gasteiger partial charge is 0.341 e. The third kappa shape index (κ3) is 5.54. The second-order valence-electron chi connectivity index (χ2n) is 8.27. The van der Waals surface area contributed by atoms with Crippen LogP contribution < -0.4 is 9.47 Å². The molecular formula is C26H24ClFN2O5. The number of aromatic nitrogens is 1. The monoisotopic (exact) mass is 498 g/mol. The number of benzene rings is 2. The van der Waals surface area contributed by atoms with Gasteiger partial charge < -0.3 is 19.5 Å². The van der Waals surface area contributed by atoms with Gasteiger partial charge in [-0.3, -0.25) is 9.78 Å². The van der Waals surface area contributed by atoms with E-state index in [0.717, 1.165) is 11.3 Å². The molecule has 0 saturated carbocycles. The lowest BCUT2D eigenvalue weighted by Crippen LogP contribution is -2.43. The first kappa shape index (κ1) is 24.5. The Morgan fingerprint density at radius 1 is 1.06 bits per heavy atom. The van der Waals surface area contributed by atoms with Crippen LogP contribution in [0.3, 0.4) is 0 Å². The molecule has 35 heavy (non-hydrogen) atoms. The highest BCUT2D eigenvalue weighted by Crippen LogP contribution is 2.41. The molecule has 1 unspecified atom stereocenters. The molecule has 1 atom stereocenters. The van der Waals surface area contributed by atoms with Crippen molar-refractivity contribution >= 4 is 23.5 Å². The summed E-state index contributed by atoms with van der Waals surface area (Å²) in [4.78, 5) is 30.5. The van der Waals surface area contributed by atoms with E-state index in [-0.39, 0.29) is 24.1 Å². The van der Waals surface area contributed by atoms with Crippen LogP contribution in [0.25, 0.3) is 0 Å². The molecule has 0 saturated heterocycles. The maximum Gasteiger partial charge on any atom is 0.341 e. The van der Waals surface area contributed by atoms with Crippen LogP contribution in [0.2, 0.25) is 5.02 Å². The Hall–Kier alpha value is -3.65. The van der Waals surface area contributed by atoms with E-state index in [0.29, 0.717) is 40.6 Å². The first-order chi connectivity index (χ1) is 16.7. The Balaban J connectivity index is 1.70. The second kappa shape index (κ2) is 10.3. The number of hydrogen-bond acceptors (Lipinski definition) is 5. The molecule has 1 N–H and O–H groups in total. The number of rotatable bonds is 7. The number of carboxylic acid groups (broad SMARTS) is 1. The van der Waals surface area contributed by atoms with Crippen LogP contribution in [0.5, 0.6) is 11.5 Å². The van der Waals surface area contributed by atoms with Gasteiger partial charge in [-0.05, 0) is 73.9 Å². The molecule has 0 bridgehead atoms. The number of pyridine rings is 1. The van der Waals surface area contributed by atoms with Gasteiger partial charge in [-0.15, -0.1) is 0 Å². The van der Waals surface area contributed by atoms with Gasteiger partial charge in [0.1, 0.15) is 17.3 Å². The Kier molecular flexibility index (Phi) is 7.21. The van der Waals surface area contributed by atoms with Gasteiger partial charge in [0.2, 0.25) is 0 Å². The highest BCUT2D eigenvalue weighted by molar-refractivity contribution is 6.30. The van der Waals surface area contributed by atoms with E-state index >= 15 is 0 Å². The van der Waals surface area contributed by atoms with Crippen LogP contribution in [-0.2, 0) is 16.0 Å². The Morgan fingerprint density at radius 2 is 1.80 bits per heavy atom. The summed E-state index contributed by atoms with van der Waals surface area (Å²) in [5, 5.41) is 9.49. The van der Waals surface area contributed by atoms with Crippen molar-refractivity contribution < 1.29 is 28.6 Å². The highest BCUT2D eigenvalue weighted by Gasteiger charge is 2.34. The number of nitrogens with zero attached hydrogens (tertiary/aromatic N) is 2. The summed E-state index contributed by atoms with van der Waals surface area (Å²) in [5.74, 6) is -1.03. The number of aliphatic carboxylic acids is 1.